The Kier molecular flexibility index (Phi) is 3.02. The molecule has 0 aliphatic rings. The van der Waals surface area contributed by atoms with E-state index < -0.39 is 12.2 Å². The summed E-state index contributed by atoms with van der Waals surface area (Å²) in [6.07, 6.45) is -1.30. The summed E-state index contributed by atoms with van der Waals surface area (Å²) in [4.78, 5) is 0. The van der Waals surface area contributed by atoms with Crippen LogP contribution in [0.15, 0.2) is 0 Å². The quantitative estimate of drug-likeness (QED) is 0.547. The number of aliphatic hydroxyl groups is 2. The van der Waals surface area contributed by atoms with E-state index in [0.29, 0.717) is 0 Å². The third-order valence-electron chi connectivity index (χ3n) is 1.05. The molecule has 0 bridgehead atoms. The Labute approximate surface area is 50.2 Å². The van der Waals surface area contributed by atoms with E-state index in [1.807, 2.05) is 0 Å². The van der Waals surface area contributed by atoms with Gasteiger partial charge in [-0.2, -0.15) is 0 Å². The maximum atomic E-state index is 8.92. The van der Waals surface area contributed by atoms with Crippen molar-refractivity contribution in [3.63, 3.8) is 0 Å². The molecule has 0 aliphatic carbocycles. The van der Waals surface area contributed by atoms with E-state index in [1.54, 1.807) is 20.8 Å². The van der Waals surface area contributed by atoms with Crippen LogP contribution < -0.4 is 0 Å². The Bertz CT molecular complexity index is 51.5. The van der Waals surface area contributed by atoms with Crippen LogP contribution in [-0.2, 0) is 0 Å². The molecule has 2 heteroatoms. The summed E-state index contributed by atoms with van der Waals surface area (Å²) in [5.41, 5.74) is 0. The summed E-state index contributed by atoms with van der Waals surface area (Å²) in [5.74, 6) is 0.847. The molecule has 0 saturated heterocycles. The van der Waals surface area contributed by atoms with Gasteiger partial charge in [-0.15, -0.1) is 0 Å². The standard InChI is InChI=1S/C6H13O2/c1-4(2)6(8)5(3)7/h5-8H,1-3H3. The van der Waals surface area contributed by atoms with E-state index >= 15 is 0 Å². The van der Waals surface area contributed by atoms with E-state index in [1.165, 1.54) is 0 Å². The van der Waals surface area contributed by atoms with E-state index in [2.05, 4.69) is 0 Å². The number of hydrogen-bond donors (Lipinski definition) is 2. The number of aliphatic hydroxyl groups excluding tert-OH is 2. The highest BCUT2D eigenvalue weighted by atomic mass is 16.3. The summed E-state index contributed by atoms with van der Waals surface area (Å²) in [6, 6.07) is 0. The second-order valence-electron chi connectivity index (χ2n) is 2.26. The minimum Gasteiger partial charge on any atom is -0.391 e. The molecule has 0 aromatic rings. The topological polar surface area (TPSA) is 40.5 Å². The van der Waals surface area contributed by atoms with Gasteiger partial charge in [0.15, 0.2) is 0 Å². The van der Waals surface area contributed by atoms with Gasteiger partial charge in [0.25, 0.3) is 0 Å². The summed E-state index contributed by atoms with van der Waals surface area (Å²) in [5, 5.41) is 17.6. The predicted molar refractivity (Wildman–Crippen MR) is 32.3 cm³/mol. The Morgan fingerprint density at radius 3 is 1.62 bits per heavy atom. The first-order valence-electron chi connectivity index (χ1n) is 2.72. The zero-order chi connectivity index (χ0) is 6.73. The molecular formula is C6H13O2. The van der Waals surface area contributed by atoms with E-state index in [-0.39, 0.29) is 0 Å². The molecular weight excluding hydrogens is 104 g/mol. The van der Waals surface area contributed by atoms with Gasteiger partial charge < -0.3 is 10.2 Å². The third kappa shape index (κ3) is 2.28. The molecule has 1 radical (unpaired) electrons. The Balaban J connectivity index is 3.46. The van der Waals surface area contributed by atoms with Crippen molar-refractivity contribution in [2.24, 2.45) is 0 Å². The van der Waals surface area contributed by atoms with E-state index in [9.17, 15) is 0 Å². The maximum absolute atomic E-state index is 8.92. The molecule has 0 heterocycles. The molecule has 0 amide bonds. The fraction of sp³-hybridized carbons (Fsp3) is 0.833. The summed E-state index contributed by atoms with van der Waals surface area (Å²) in [6.45, 7) is 5.15. The molecule has 2 nitrogen and oxygen atoms in total. The zero-order valence-corrected chi connectivity index (χ0v) is 5.55. The highest BCUT2D eigenvalue weighted by molar-refractivity contribution is 4.89. The normalized spacial score (nSPS) is 18.8. The molecule has 2 atom stereocenters. The zero-order valence-electron chi connectivity index (χ0n) is 5.55. The van der Waals surface area contributed by atoms with Crippen LogP contribution in [-0.4, -0.2) is 22.4 Å². The lowest BCUT2D eigenvalue weighted by Gasteiger charge is -2.15. The lowest BCUT2D eigenvalue weighted by atomic mass is 10.0. The molecule has 0 aromatic carbocycles. The number of rotatable bonds is 2. The van der Waals surface area contributed by atoms with Crippen LogP contribution in [0.5, 0.6) is 0 Å². The van der Waals surface area contributed by atoms with Crippen molar-refractivity contribution in [1.29, 1.82) is 0 Å². The average Bonchev–Trinajstić information content (AvgIpc) is 1.64. The fourth-order valence-corrected chi connectivity index (χ4v) is 0.482. The minimum atomic E-state index is -0.657. The molecule has 0 aliphatic heterocycles. The minimum absolute atomic E-state index is 0.639. The first kappa shape index (κ1) is 7.92. The first-order chi connectivity index (χ1) is 3.55. The van der Waals surface area contributed by atoms with Crippen molar-refractivity contribution in [1.82, 2.24) is 0 Å². The molecule has 2 unspecified atom stereocenters. The van der Waals surface area contributed by atoms with Gasteiger partial charge in [0.05, 0.1) is 12.2 Å². The van der Waals surface area contributed by atoms with Crippen molar-refractivity contribution in [3.8, 4) is 0 Å². The van der Waals surface area contributed by atoms with E-state index in [0.717, 1.165) is 5.92 Å². The van der Waals surface area contributed by atoms with Gasteiger partial charge in [-0.1, -0.05) is 13.8 Å². The monoisotopic (exact) mass is 117 g/mol. The average molecular weight is 117 g/mol. The van der Waals surface area contributed by atoms with Gasteiger partial charge in [-0.05, 0) is 6.92 Å². The van der Waals surface area contributed by atoms with Crippen molar-refractivity contribution in [2.75, 3.05) is 0 Å². The van der Waals surface area contributed by atoms with Gasteiger partial charge in [0.2, 0.25) is 0 Å². The molecule has 2 N–H and O–H groups in total. The van der Waals surface area contributed by atoms with Gasteiger partial charge in [-0.25, -0.2) is 0 Å². The van der Waals surface area contributed by atoms with Crippen LogP contribution in [0.2, 0.25) is 0 Å². The van der Waals surface area contributed by atoms with Gasteiger partial charge in [0.1, 0.15) is 0 Å². The van der Waals surface area contributed by atoms with Crippen LogP contribution in [0.1, 0.15) is 20.8 Å². The second-order valence-corrected chi connectivity index (χ2v) is 2.26. The van der Waals surface area contributed by atoms with Crippen molar-refractivity contribution >= 4 is 0 Å². The van der Waals surface area contributed by atoms with Crippen LogP contribution >= 0.6 is 0 Å². The largest absolute Gasteiger partial charge is 0.391 e. The van der Waals surface area contributed by atoms with Crippen molar-refractivity contribution in [3.05, 3.63) is 5.92 Å². The summed E-state index contributed by atoms with van der Waals surface area (Å²) >= 11 is 0. The van der Waals surface area contributed by atoms with Gasteiger partial charge >= 0.3 is 0 Å². The predicted octanol–water partition coefficient (Wildman–Crippen LogP) is 0.342. The highest BCUT2D eigenvalue weighted by Crippen LogP contribution is 2.06. The van der Waals surface area contributed by atoms with Gasteiger partial charge in [0, 0.05) is 5.92 Å². The SMILES string of the molecule is C[C](C)C(O)C(C)O. The van der Waals surface area contributed by atoms with Gasteiger partial charge in [-0.3, -0.25) is 0 Å². The Hall–Kier alpha value is -0.0800. The molecule has 0 spiro atoms. The Morgan fingerprint density at radius 1 is 1.25 bits per heavy atom. The van der Waals surface area contributed by atoms with Crippen LogP contribution in [0.25, 0.3) is 0 Å². The molecule has 49 valence electrons. The van der Waals surface area contributed by atoms with Crippen LogP contribution in [0, 0.1) is 5.92 Å². The molecule has 0 rings (SSSR count). The van der Waals surface area contributed by atoms with Crippen LogP contribution in [0.3, 0.4) is 0 Å². The summed E-state index contributed by atoms with van der Waals surface area (Å²) < 4.78 is 0. The van der Waals surface area contributed by atoms with E-state index in [4.69, 9.17) is 10.2 Å². The lowest BCUT2D eigenvalue weighted by Crippen LogP contribution is -2.26. The van der Waals surface area contributed by atoms with Crippen LogP contribution in [0.4, 0.5) is 0 Å². The highest BCUT2D eigenvalue weighted by Gasteiger charge is 2.14. The molecule has 0 saturated carbocycles. The smallest absolute Gasteiger partial charge is 0.0853 e. The summed E-state index contributed by atoms with van der Waals surface area (Å²) in [7, 11) is 0. The third-order valence-corrected chi connectivity index (χ3v) is 1.05. The molecule has 0 aromatic heterocycles. The fourth-order valence-electron chi connectivity index (χ4n) is 0.482. The van der Waals surface area contributed by atoms with Crippen molar-refractivity contribution in [2.45, 2.75) is 33.0 Å². The van der Waals surface area contributed by atoms with Crippen molar-refractivity contribution < 1.29 is 10.2 Å². The second kappa shape index (κ2) is 3.05. The molecule has 0 fully saturated rings. The molecule has 8 heavy (non-hydrogen) atoms. The first-order valence-corrected chi connectivity index (χ1v) is 2.72. The maximum Gasteiger partial charge on any atom is 0.0853 e. The Morgan fingerprint density at radius 2 is 1.62 bits per heavy atom. The number of hydrogen-bond acceptors (Lipinski definition) is 2. The lowest BCUT2D eigenvalue weighted by molar-refractivity contribution is 0.0417.